The Kier molecular flexibility index (Phi) is 4.89. The lowest BCUT2D eigenvalue weighted by Gasteiger charge is -2.32. The number of likely N-dealkylation sites (tertiary alicyclic amines) is 1. The molecule has 19 heavy (non-hydrogen) atoms. The summed E-state index contributed by atoms with van der Waals surface area (Å²) in [6, 6.07) is 5.72. The van der Waals surface area contributed by atoms with E-state index in [1.54, 1.807) is 18.2 Å². The van der Waals surface area contributed by atoms with E-state index < -0.39 is 0 Å². The SMILES string of the molecule is CC1CCCCN1C(=O)/C=C/c1cccc(Cl)c1Cl. The third-order valence-electron chi connectivity index (χ3n) is 3.47. The van der Waals surface area contributed by atoms with Crippen LogP contribution in [0.3, 0.4) is 0 Å². The van der Waals surface area contributed by atoms with E-state index in [1.165, 1.54) is 6.42 Å². The molecular weight excluding hydrogens is 281 g/mol. The first-order valence-electron chi connectivity index (χ1n) is 6.52. The van der Waals surface area contributed by atoms with E-state index in [0.717, 1.165) is 24.9 Å². The summed E-state index contributed by atoms with van der Waals surface area (Å²) in [6.07, 6.45) is 6.69. The smallest absolute Gasteiger partial charge is 0.246 e. The number of carbonyl (C=O) groups is 1. The first-order chi connectivity index (χ1) is 9.09. The molecule has 1 unspecified atom stereocenters. The van der Waals surface area contributed by atoms with Crippen molar-refractivity contribution in [3.8, 4) is 0 Å². The monoisotopic (exact) mass is 297 g/mol. The van der Waals surface area contributed by atoms with Crippen LogP contribution in [0.25, 0.3) is 6.08 Å². The van der Waals surface area contributed by atoms with E-state index in [4.69, 9.17) is 23.2 Å². The third-order valence-corrected chi connectivity index (χ3v) is 4.31. The predicted octanol–water partition coefficient (Wildman–Crippen LogP) is 4.41. The quantitative estimate of drug-likeness (QED) is 0.741. The molecule has 0 saturated carbocycles. The van der Waals surface area contributed by atoms with Crippen LogP contribution in [-0.4, -0.2) is 23.4 Å². The lowest BCUT2D eigenvalue weighted by atomic mass is 10.0. The number of amides is 1. The lowest BCUT2D eigenvalue weighted by molar-refractivity contribution is -0.129. The van der Waals surface area contributed by atoms with Crippen molar-refractivity contribution in [2.75, 3.05) is 6.54 Å². The first-order valence-corrected chi connectivity index (χ1v) is 7.28. The van der Waals surface area contributed by atoms with Gasteiger partial charge in [-0.25, -0.2) is 0 Å². The largest absolute Gasteiger partial charge is 0.336 e. The number of rotatable bonds is 2. The van der Waals surface area contributed by atoms with Crippen LogP contribution >= 0.6 is 23.2 Å². The van der Waals surface area contributed by atoms with Gasteiger partial charge in [-0.3, -0.25) is 4.79 Å². The Morgan fingerprint density at radius 3 is 2.89 bits per heavy atom. The van der Waals surface area contributed by atoms with Crippen molar-refractivity contribution >= 4 is 35.2 Å². The van der Waals surface area contributed by atoms with Gasteiger partial charge in [-0.15, -0.1) is 0 Å². The van der Waals surface area contributed by atoms with Crippen LogP contribution in [0.1, 0.15) is 31.7 Å². The van der Waals surface area contributed by atoms with Gasteiger partial charge in [0, 0.05) is 18.7 Å². The Hall–Kier alpha value is -0.990. The van der Waals surface area contributed by atoms with E-state index in [9.17, 15) is 4.79 Å². The molecule has 2 nitrogen and oxygen atoms in total. The third kappa shape index (κ3) is 3.52. The topological polar surface area (TPSA) is 20.3 Å². The summed E-state index contributed by atoms with van der Waals surface area (Å²) in [5, 5.41) is 0.988. The van der Waals surface area contributed by atoms with Crippen LogP contribution in [0, 0.1) is 0 Å². The minimum atomic E-state index is 0.0447. The molecule has 0 spiro atoms. The van der Waals surface area contributed by atoms with Gasteiger partial charge >= 0.3 is 0 Å². The van der Waals surface area contributed by atoms with E-state index >= 15 is 0 Å². The van der Waals surface area contributed by atoms with Gasteiger partial charge in [0.1, 0.15) is 0 Å². The summed E-state index contributed by atoms with van der Waals surface area (Å²) in [5.74, 6) is 0.0447. The molecule has 1 aromatic carbocycles. The van der Waals surface area contributed by atoms with Crippen molar-refractivity contribution in [3.05, 3.63) is 39.9 Å². The van der Waals surface area contributed by atoms with E-state index in [2.05, 4.69) is 6.92 Å². The molecule has 0 radical (unpaired) electrons. The van der Waals surface area contributed by atoms with Crippen molar-refractivity contribution in [2.24, 2.45) is 0 Å². The van der Waals surface area contributed by atoms with Gasteiger partial charge in [-0.2, -0.15) is 0 Å². The maximum Gasteiger partial charge on any atom is 0.246 e. The van der Waals surface area contributed by atoms with Crippen molar-refractivity contribution < 1.29 is 4.79 Å². The van der Waals surface area contributed by atoms with Crippen molar-refractivity contribution in [2.45, 2.75) is 32.2 Å². The molecule has 102 valence electrons. The van der Waals surface area contributed by atoms with Gasteiger partial charge in [-0.05, 0) is 43.9 Å². The van der Waals surface area contributed by atoms with Crippen molar-refractivity contribution in [3.63, 3.8) is 0 Å². The highest BCUT2D eigenvalue weighted by atomic mass is 35.5. The number of piperidine rings is 1. The van der Waals surface area contributed by atoms with Gasteiger partial charge in [0.05, 0.1) is 10.0 Å². The number of hydrogen-bond acceptors (Lipinski definition) is 1. The fraction of sp³-hybridized carbons (Fsp3) is 0.400. The van der Waals surface area contributed by atoms with Crippen LogP contribution in [0.2, 0.25) is 10.0 Å². The second-order valence-corrected chi connectivity index (χ2v) is 5.64. The number of benzene rings is 1. The van der Waals surface area contributed by atoms with Gasteiger partial charge < -0.3 is 4.90 Å². The Balaban J connectivity index is 2.09. The molecule has 0 bridgehead atoms. The standard InChI is InChI=1S/C15H17Cl2NO/c1-11-5-2-3-10-18(11)14(19)9-8-12-6-4-7-13(16)15(12)17/h4,6-9,11H,2-3,5,10H2,1H3/b9-8+. The highest BCUT2D eigenvalue weighted by Gasteiger charge is 2.21. The molecule has 1 aromatic rings. The molecule has 0 aliphatic carbocycles. The molecule has 1 amide bonds. The fourth-order valence-corrected chi connectivity index (χ4v) is 2.70. The normalized spacial score (nSPS) is 19.9. The molecule has 0 N–H and O–H groups in total. The van der Waals surface area contributed by atoms with Crippen molar-refractivity contribution in [1.29, 1.82) is 0 Å². The number of hydrogen-bond donors (Lipinski definition) is 0. The summed E-state index contributed by atoms with van der Waals surface area (Å²) in [4.78, 5) is 14.1. The molecule has 4 heteroatoms. The van der Waals surface area contributed by atoms with Gasteiger partial charge in [0.25, 0.3) is 0 Å². The Morgan fingerprint density at radius 2 is 2.16 bits per heavy atom. The molecule has 1 heterocycles. The van der Waals surface area contributed by atoms with Gasteiger partial charge in [0.2, 0.25) is 5.91 Å². The summed E-state index contributed by atoms with van der Waals surface area (Å²) in [7, 11) is 0. The van der Waals surface area contributed by atoms with E-state index in [1.807, 2.05) is 17.0 Å². The van der Waals surface area contributed by atoms with Gasteiger partial charge in [-0.1, -0.05) is 35.3 Å². The predicted molar refractivity (Wildman–Crippen MR) is 80.5 cm³/mol. The lowest BCUT2D eigenvalue weighted by Crippen LogP contribution is -2.41. The molecule has 1 fully saturated rings. The highest BCUT2D eigenvalue weighted by Crippen LogP contribution is 2.26. The Bertz CT molecular complexity index is 499. The maximum absolute atomic E-state index is 12.1. The second kappa shape index (κ2) is 6.44. The zero-order valence-corrected chi connectivity index (χ0v) is 12.4. The fourth-order valence-electron chi connectivity index (χ4n) is 2.33. The van der Waals surface area contributed by atoms with Crippen LogP contribution in [-0.2, 0) is 4.79 Å². The molecule has 1 saturated heterocycles. The highest BCUT2D eigenvalue weighted by molar-refractivity contribution is 6.42. The number of carbonyl (C=O) groups excluding carboxylic acids is 1. The van der Waals surface area contributed by atoms with E-state index in [-0.39, 0.29) is 5.91 Å². The summed E-state index contributed by atoms with van der Waals surface area (Å²) < 4.78 is 0. The van der Waals surface area contributed by atoms with Crippen LogP contribution < -0.4 is 0 Å². The number of nitrogens with zero attached hydrogens (tertiary/aromatic N) is 1. The van der Waals surface area contributed by atoms with Crippen LogP contribution in [0.5, 0.6) is 0 Å². The molecule has 0 aromatic heterocycles. The number of halogens is 2. The summed E-state index contributed by atoms with van der Waals surface area (Å²) >= 11 is 12.0. The molecule has 1 atom stereocenters. The molecule has 2 rings (SSSR count). The molecule has 1 aliphatic rings. The summed E-state index contributed by atoms with van der Waals surface area (Å²) in [5.41, 5.74) is 0.771. The zero-order chi connectivity index (χ0) is 13.8. The maximum atomic E-state index is 12.1. The average Bonchev–Trinajstić information content (AvgIpc) is 2.40. The first kappa shape index (κ1) is 14.4. The van der Waals surface area contributed by atoms with Gasteiger partial charge in [0.15, 0.2) is 0 Å². The molecule has 1 aliphatic heterocycles. The second-order valence-electron chi connectivity index (χ2n) is 4.85. The zero-order valence-electron chi connectivity index (χ0n) is 10.9. The minimum Gasteiger partial charge on any atom is -0.336 e. The minimum absolute atomic E-state index is 0.0447. The Morgan fingerprint density at radius 1 is 1.37 bits per heavy atom. The summed E-state index contributed by atoms with van der Waals surface area (Å²) in [6.45, 7) is 2.94. The average molecular weight is 298 g/mol. The van der Waals surface area contributed by atoms with E-state index in [0.29, 0.717) is 16.1 Å². The van der Waals surface area contributed by atoms with Crippen molar-refractivity contribution in [1.82, 2.24) is 4.90 Å². The van der Waals surface area contributed by atoms with Crippen LogP contribution in [0.4, 0.5) is 0 Å². The Labute approximate surface area is 124 Å². The molecular formula is C15H17Cl2NO. The van der Waals surface area contributed by atoms with Crippen LogP contribution in [0.15, 0.2) is 24.3 Å².